The van der Waals surface area contributed by atoms with Gasteiger partial charge >= 0.3 is 0 Å². The standard InChI is InChI=1S/C60H42N2O2/c1-35-13-5-9-17-53(35)61(57-37(3)21-27-47-45-15-7-11-19-55(45)63-59(47)57)43-25-23-39-31-49-51(33-41(39)29-43)50-32-40-24-26-44(30-42(40)34-52(49)50)62(54-18-10-6-14-36(54)2)58-38(4)22-28-48-46-16-8-12-20-56(46)64-60(48)58/h5-34H,1-4H3. The number of furan rings is 2. The molecule has 0 N–H and O–H groups in total. The zero-order chi connectivity index (χ0) is 42.8. The largest absolute Gasteiger partial charge is 0.454 e. The first kappa shape index (κ1) is 36.6. The van der Waals surface area contributed by atoms with Crippen LogP contribution in [0, 0.1) is 27.7 Å². The molecule has 0 atom stereocenters. The molecular formula is C60H42N2O2. The summed E-state index contributed by atoms with van der Waals surface area (Å²) >= 11 is 0. The maximum absolute atomic E-state index is 6.69. The van der Waals surface area contributed by atoms with Gasteiger partial charge in [0.15, 0.2) is 11.2 Å². The molecule has 1 aliphatic carbocycles. The van der Waals surface area contributed by atoms with Crippen molar-refractivity contribution in [1.82, 2.24) is 0 Å². The monoisotopic (exact) mass is 822 g/mol. The van der Waals surface area contributed by atoms with Crippen LogP contribution in [0.4, 0.5) is 34.1 Å². The normalized spacial score (nSPS) is 12.1. The van der Waals surface area contributed by atoms with Crippen LogP contribution < -0.4 is 9.80 Å². The molecule has 0 radical (unpaired) electrons. The van der Waals surface area contributed by atoms with Crippen molar-refractivity contribution in [3.63, 3.8) is 0 Å². The molecule has 0 saturated heterocycles. The van der Waals surface area contributed by atoms with E-state index >= 15 is 0 Å². The van der Waals surface area contributed by atoms with Crippen molar-refractivity contribution in [3.05, 3.63) is 204 Å². The molecule has 4 nitrogen and oxygen atoms in total. The maximum atomic E-state index is 6.69. The first-order valence-corrected chi connectivity index (χ1v) is 22.1. The summed E-state index contributed by atoms with van der Waals surface area (Å²) < 4.78 is 13.4. The van der Waals surface area contributed by atoms with Gasteiger partial charge < -0.3 is 18.6 Å². The third-order valence-electron chi connectivity index (χ3n) is 13.6. The Bertz CT molecular complexity index is 3650. The highest BCUT2D eigenvalue weighted by Crippen LogP contribution is 2.53. The van der Waals surface area contributed by atoms with Crippen LogP contribution in [0.15, 0.2) is 191 Å². The van der Waals surface area contributed by atoms with E-state index in [9.17, 15) is 0 Å². The lowest BCUT2D eigenvalue weighted by atomic mass is 9.78. The summed E-state index contributed by atoms with van der Waals surface area (Å²) in [7, 11) is 0. The fourth-order valence-corrected chi connectivity index (χ4v) is 10.4. The molecule has 0 saturated carbocycles. The zero-order valence-electron chi connectivity index (χ0n) is 36.0. The van der Waals surface area contributed by atoms with Gasteiger partial charge in [0.25, 0.3) is 0 Å². The van der Waals surface area contributed by atoms with Crippen LogP contribution in [-0.2, 0) is 0 Å². The predicted molar refractivity (Wildman–Crippen MR) is 269 cm³/mol. The Labute approximate surface area is 370 Å². The minimum atomic E-state index is 0.897. The van der Waals surface area contributed by atoms with Gasteiger partial charge in [0, 0.05) is 44.3 Å². The number of para-hydroxylation sites is 4. The summed E-state index contributed by atoms with van der Waals surface area (Å²) in [5.41, 5.74) is 20.0. The SMILES string of the molecule is Cc1ccccc1N(c1ccc2cc3c(cc2c1)-c1cc2ccc(N(c4ccccc4C)c4c(C)ccc5c4oc4ccccc45)cc2cc1-3)c1c(C)ccc2c1oc1ccccc12. The highest BCUT2D eigenvalue weighted by molar-refractivity contribution is 6.15. The third kappa shape index (κ3) is 5.36. The van der Waals surface area contributed by atoms with Gasteiger partial charge in [-0.25, -0.2) is 0 Å². The Morgan fingerprint density at radius 1 is 0.312 bits per heavy atom. The lowest BCUT2D eigenvalue weighted by Gasteiger charge is -2.30. The summed E-state index contributed by atoms with van der Waals surface area (Å²) in [4.78, 5) is 4.78. The lowest BCUT2D eigenvalue weighted by molar-refractivity contribution is 0.668. The van der Waals surface area contributed by atoms with Crippen LogP contribution in [-0.4, -0.2) is 0 Å². The highest BCUT2D eigenvalue weighted by atomic mass is 16.3. The van der Waals surface area contributed by atoms with Crippen molar-refractivity contribution in [1.29, 1.82) is 0 Å². The minimum Gasteiger partial charge on any atom is -0.454 e. The molecule has 2 aromatic heterocycles. The first-order chi connectivity index (χ1) is 31.4. The van der Waals surface area contributed by atoms with Gasteiger partial charge in [-0.15, -0.1) is 0 Å². The number of benzene rings is 10. The molecule has 12 aromatic rings. The second kappa shape index (κ2) is 13.7. The van der Waals surface area contributed by atoms with Crippen LogP contribution in [0.25, 0.3) is 87.7 Å². The van der Waals surface area contributed by atoms with E-state index in [2.05, 4.69) is 207 Å². The highest BCUT2D eigenvalue weighted by Gasteiger charge is 2.28. The quantitative estimate of drug-likeness (QED) is 0.167. The average molecular weight is 823 g/mol. The van der Waals surface area contributed by atoms with Gasteiger partial charge in [-0.3, -0.25) is 0 Å². The molecule has 0 aliphatic heterocycles. The third-order valence-corrected chi connectivity index (χ3v) is 13.6. The smallest absolute Gasteiger partial charge is 0.159 e. The number of anilines is 6. The number of nitrogens with zero attached hydrogens (tertiary/aromatic N) is 2. The summed E-state index contributed by atoms with van der Waals surface area (Å²) in [6, 6.07) is 66.1. The van der Waals surface area contributed by atoms with E-state index in [0.29, 0.717) is 0 Å². The van der Waals surface area contributed by atoms with E-state index in [0.717, 1.165) is 89.1 Å². The zero-order valence-corrected chi connectivity index (χ0v) is 36.0. The number of rotatable bonds is 6. The molecule has 4 heteroatoms. The Hall–Kier alpha value is -8.08. The maximum Gasteiger partial charge on any atom is 0.159 e. The van der Waals surface area contributed by atoms with E-state index in [1.807, 2.05) is 12.1 Å². The number of hydrogen-bond donors (Lipinski definition) is 0. The molecule has 0 amide bonds. The van der Waals surface area contributed by atoms with E-state index in [1.165, 1.54) is 54.9 Å². The molecule has 0 bridgehead atoms. The molecule has 1 aliphatic rings. The van der Waals surface area contributed by atoms with Crippen molar-refractivity contribution >= 4 is 99.5 Å². The number of hydrogen-bond acceptors (Lipinski definition) is 4. The molecule has 0 fully saturated rings. The summed E-state index contributed by atoms with van der Waals surface area (Å²) in [6.07, 6.45) is 0. The van der Waals surface area contributed by atoms with Crippen molar-refractivity contribution in [2.45, 2.75) is 27.7 Å². The Balaban J connectivity index is 0.933. The van der Waals surface area contributed by atoms with Crippen molar-refractivity contribution in [2.24, 2.45) is 0 Å². The van der Waals surface area contributed by atoms with Gasteiger partial charge in [-0.2, -0.15) is 0 Å². The van der Waals surface area contributed by atoms with Crippen LogP contribution >= 0.6 is 0 Å². The van der Waals surface area contributed by atoms with Gasteiger partial charge in [0.2, 0.25) is 0 Å². The van der Waals surface area contributed by atoms with Gasteiger partial charge in [-0.05, 0) is 167 Å². The second-order valence-corrected chi connectivity index (χ2v) is 17.5. The first-order valence-electron chi connectivity index (χ1n) is 22.1. The van der Waals surface area contributed by atoms with Gasteiger partial charge in [0.1, 0.15) is 11.2 Å². The summed E-state index contributed by atoms with van der Waals surface area (Å²) in [6.45, 7) is 8.74. The average Bonchev–Trinajstić information content (AvgIpc) is 3.89. The fourth-order valence-electron chi connectivity index (χ4n) is 10.4. The molecular weight excluding hydrogens is 781 g/mol. The lowest BCUT2D eigenvalue weighted by Crippen LogP contribution is -2.13. The van der Waals surface area contributed by atoms with Crippen molar-refractivity contribution < 1.29 is 8.83 Å². The van der Waals surface area contributed by atoms with Crippen LogP contribution in [0.1, 0.15) is 22.3 Å². The molecule has 2 heterocycles. The Morgan fingerprint density at radius 2 is 0.703 bits per heavy atom. The molecule has 64 heavy (non-hydrogen) atoms. The molecule has 0 unspecified atom stereocenters. The predicted octanol–water partition coefficient (Wildman–Crippen LogP) is 17.6. The molecule has 304 valence electrons. The summed E-state index contributed by atoms with van der Waals surface area (Å²) in [5.74, 6) is 0. The van der Waals surface area contributed by atoms with Crippen molar-refractivity contribution in [3.8, 4) is 22.3 Å². The van der Waals surface area contributed by atoms with E-state index in [-0.39, 0.29) is 0 Å². The summed E-state index contributed by atoms with van der Waals surface area (Å²) in [5, 5.41) is 9.33. The second-order valence-electron chi connectivity index (χ2n) is 17.5. The Morgan fingerprint density at radius 3 is 1.14 bits per heavy atom. The van der Waals surface area contributed by atoms with Crippen LogP contribution in [0.2, 0.25) is 0 Å². The minimum absolute atomic E-state index is 0.897. The molecule has 13 rings (SSSR count). The molecule has 0 spiro atoms. The van der Waals surface area contributed by atoms with Gasteiger partial charge in [-0.1, -0.05) is 109 Å². The fraction of sp³-hybridized carbons (Fsp3) is 0.0667. The Kier molecular flexibility index (Phi) is 7.83. The topological polar surface area (TPSA) is 32.8 Å². The van der Waals surface area contributed by atoms with E-state index in [4.69, 9.17) is 8.83 Å². The van der Waals surface area contributed by atoms with Crippen LogP contribution in [0.3, 0.4) is 0 Å². The van der Waals surface area contributed by atoms with Crippen LogP contribution in [0.5, 0.6) is 0 Å². The van der Waals surface area contributed by atoms with E-state index < -0.39 is 0 Å². The molecule has 10 aromatic carbocycles. The van der Waals surface area contributed by atoms with Gasteiger partial charge in [0.05, 0.1) is 11.4 Å². The van der Waals surface area contributed by atoms with Crippen molar-refractivity contribution in [2.75, 3.05) is 9.80 Å². The number of fused-ring (bicyclic) bond motifs is 12. The number of aryl methyl sites for hydroxylation is 4. The van der Waals surface area contributed by atoms with E-state index in [1.54, 1.807) is 0 Å².